The molecule has 1 heterocycles. The van der Waals surface area contributed by atoms with Crippen LogP contribution in [0.3, 0.4) is 0 Å². The first-order valence-electron chi connectivity index (χ1n) is 8.84. The molecule has 2 N–H and O–H groups in total. The van der Waals surface area contributed by atoms with E-state index in [4.69, 9.17) is 14.2 Å². The number of phenols is 1. The fourth-order valence-electron chi connectivity index (χ4n) is 2.22. The lowest BCUT2D eigenvalue weighted by Gasteiger charge is -2.30. The minimum absolute atomic E-state index is 0.101. The number of rotatable bonds is 6. The van der Waals surface area contributed by atoms with Crippen molar-refractivity contribution < 1.29 is 24.1 Å². The first-order chi connectivity index (χ1) is 12.6. The van der Waals surface area contributed by atoms with Crippen LogP contribution in [0.15, 0.2) is 48.1 Å². The molecule has 0 radical (unpaired) electrons. The van der Waals surface area contributed by atoms with Crippen molar-refractivity contribution in [3.05, 3.63) is 53.6 Å². The molecule has 0 unspecified atom stereocenters. The Kier molecular flexibility index (Phi) is 10.3. The summed E-state index contributed by atoms with van der Waals surface area (Å²) < 4.78 is 16.7. The van der Waals surface area contributed by atoms with Gasteiger partial charge in [-0.15, -0.1) is 0 Å². The zero-order chi connectivity index (χ0) is 19.4. The molecule has 2 rings (SSSR count). The molecule has 0 spiro atoms. The van der Waals surface area contributed by atoms with Gasteiger partial charge in [-0.25, -0.2) is 4.79 Å². The SMILES string of the molecule is C/C=C\C(=C/CNC)C1OCC(OC(=O)c2ccc(O)cc2)CO1.CC. The van der Waals surface area contributed by atoms with Crippen LogP contribution >= 0.6 is 0 Å². The molecule has 144 valence electrons. The Morgan fingerprint density at radius 3 is 2.42 bits per heavy atom. The molecule has 1 aliphatic rings. The Morgan fingerprint density at radius 2 is 1.88 bits per heavy atom. The van der Waals surface area contributed by atoms with Gasteiger partial charge < -0.3 is 24.6 Å². The van der Waals surface area contributed by atoms with Crippen molar-refractivity contribution in [1.29, 1.82) is 0 Å². The van der Waals surface area contributed by atoms with Gasteiger partial charge in [0.2, 0.25) is 0 Å². The van der Waals surface area contributed by atoms with Crippen LogP contribution in [0.5, 0.6) is 5.75 Å². The molecule has 6 heteroatoms. The molecule has 0 atom stereocenters. The normalized spacial score (nSPS) is 20.4. The standard InChI is InChI=1S/C18H23NO5.C2H6/c1-3-4-14(9-10-19-2)18-22-11-16(12-23-18)24-17(21)13-5-7-15(20)8-6-13;1-2/h3-9,16,18-20H,10-12H2,1-2H3;1-2H3/b4-3-,14-9+;. The maximum atomic E-state index is 12.0. The average Bonchev–Trinajstić information content (AvgIpc) is 2.68. The Bertz CT molecular complexity index is 587. The molecular formula is C20H29NO5. The molecule has 0 amide bonds. The summed E-state index contributed by atoms with van der Waals surface area (Å²) >= 11 is 0. The van der Waals surface area contributed by atoms with Crippen molar-refractivity contribution in [2.24, 2.45) is 0 Å². The highest BCUT2D eigenvalue weighted by Gasteiger charge is 2.27. The van der Waals surface area contributed by atoms with Gasteiger partial charge >= 0.3 is 5.97 Å². The maximum Gasteiger partial charge on any atom is 0.338 e. The number of benzene rings is 1. The highest BCUT2D eigenvalue weighted by atomic mass is 16.7. The van der Waals surface area contributed by atoms with Crippen molar-refractivity contribution in [2.75, 3.05) is 26.8 Å². The summed E-state index contributed by atoms with van der Waals surface area (Å²) in [4.78, 5) is 12.0. The molecule has 0 aromatic heterocycles. The third-order valence-corrected chi connectivity index (χ3v) is 3.42. The van der Waals surface area contributed by atoms with Crippen molar-refractivity contribution in [3.63, 3.8) is 0 Å². The van der Waals surface area contributed by atoms with Crippen LogP contribution in [0, 0.1) is 0 Å². The number of nitrogens with one attached hydrogen (secondary N) is 1. The topological polar surface area (TPSA) is 77.0 Å². The van der Waals surface area contributed by atoms with Crippen LogP contribution in [0.2, 0.25) is 0 Å². The molecule has 6 nitrogen and oxygen atoms in total. The van der Waals surface area contributed by atoms with E-state index in [2.05, 4.69) is 5.32 Å². The summed E-state index contributed by atoms with van der Waals surface area (Å²) in [5, 5.41) is 12.3. The quantitative estimate of drug-likeness (QED) is 0.598. The van der Waals surface area contributed by atoms with Gasteiger partial charge in [0.15, 0.2) is 6.29 Å². The summed E-state index contributed by atoms with van der Waals surface area (Å²) in [6.07, 6.45) is 4.93. The molecule has 0 bridgehead atoms. The average molecular weight is 363 g/mol. The van der Waals surface area contributed by atoms with Crippen LogP contribution in [0.4, 0.5) is 0 Å². The van der Waals surface area contributed by atoms with Crippen LogP contribution in [0.1, 0.15) is 31.1 Å². The van der Waals surface area contributed by atoms with Gasteiger partial charge in [-0.3, -0.25) is 0 Å². The van der Waals surface area contributed by atoms with Crippen LogP contribution in [0.25, 0.3) is 0 Å². The van der Waals surface area contributed by atoms with E-state index in [1.807, 2.05) is 46.0 Å². The minimum Gasteiger partial charge on any atom is -0.508 e. The molecule has 26 heavy (non-hydrogen) atoms. The van der Waals surface area contributed by atoms with Gasteiger partial charge in [0.05, 0.1) is 18.8 Å². The van der Waals surface area contributed by atoms with E-state index in [1.54, 1.807) is 0 Å². The number of hydrogen-bond donors (Lipinski definition) is 2. The smallest absolute Gasteiger partial charge is 0.338 e. The Hall–Kier alpha value is -2.15. The lowest BCUT2D eigenvalue weighted by Crippen LogP contribution is -2.39. The number of hydrogen-bond acceptors (Lipinski definition) is 6. The van der Waals surface area contributed by atoms with Gasteiger partial charge in [-0.05, 0) is 38.2 Å². The van der Waals surface area contributed by atoms with E-state index in [0.29, 0.717) is 12.1 Å². The molecule has 1 aliphatic heterocycles. The maximum absolute atomic E-state index is 12.0. The molecular weight excluding hydrogens is 334 g/mol. The molecule has 1 saturated heterocycles. The fourth-order valence-corrected chi connectivity index (χ4v) is 2.22. The van der Waals surface area contributed by atoms with Crippen LogP contribution in [-0.4, -0.2) is 50.3 Å². The number of esters is 1. The number of phenolic OH excluding ortho intramolecular Hbond substituents is 1. The van der Waals surface area contributed by atoms with Crippen molar-refractivity contribution >= 4 is 5.97 Å². The number of allylic oxidation sites excluding steroid dienone is 1. The van der Waals surface area contributed by atoms with E-state index in [-0.39, 0.29) is 19.0 Å². The summed E-state index contributed by atoms with van der Waals surface area (Å²) in [5.41, 5.74) is 1.30. The minimum atomic E-state index is -0.468. The second kappa shape index (κ2) is 12.2. The molecule has 1 aromatic rings. The van der Waals surface area contributed by atoms with E-state index in [1.165, 1.54) is 24.3 Å². The van der Waals surface area contributed by atoms with Crippen LogP contribution < -0.4 is 5.32 Å². The highest BCUT2D eigenvalue weighted by molar-refractivity contribution is 5.89. The highest BCUT2D eigenvalue weighted by Crippen LogP contribution is 2.18. The van der Waals surface area contributed by atoms with Crippen molar-refractivity contribution in [3.8, 4) is 5.75 Å². The Morgan fingerprint density at radius 1 is 1.27 bits per heavy atom. The second-order valence-electron chi connectivity index (χ2n) is 5.33. The Balaban J connectivity index is 0.00000163. The second-order valence-corrected chi connectivity index (χ2v) is 5.33. The number of likely N-dealkylation sites (N-methyl/N-ethyl adjacent to an activating group) is 1. The predicted octanol–water partition coefficient (Wildman–Crippen LogP) is 3.04. The number of ether oxygens (including phenoxy) is 3. The first kappa shape index (κ1) is 21.9. The van der Waals surface area contributed by atoms with E-state index in [9.17, 15) is 9.90 Å². The van der Waals surface area contributed by atoms with Gasteiger partial charge in [-0.2, -0.15) is 0 Å². The van der Waals surface area contributed by atoms with E-state index in [0.717, 1.165) is 5.57 Å². The summed E-state index contributed by atoms with van der Waals surface area (Å²) in [7, 11) is 1.87. The summed E-state index contributed by atoms with van der Waals surface area (Å²) in [5.74, 6) is -0.367. The van der Waals surface area contributed by atoms with E-state index < -0.39 is 18.4 Å². The molecule has 0 saturated carbocycles. The predicted molar refractivity (Wildman–Crippen MR) is 101 cm³/mol. The summed E-state index contributed by atoms with van der Waals surface area (Å²) in [6.45, 7) is 7.17. The third-order valence-electron chi connectivity index (χ3n) is 3.42. The molecule has 1 aromatic carbocycles. The van der Waals surface area contributed by atoms with Crippen molar-refractivity contribution in [2.45, 2.75) is 33.2 Å². The molecule has 0 aliphatic carbocycles. The molecule has 1 fully saturated rings. The zero-order valence-electron chi connectivity index (χ0n) is 15.9. The first-order valence-corrected chi connectivity index (χ1v) is 8.84. The van der Waals surface area contributed by atoms with Gasteiger partial charge in [-0.1, -0.05) is 32.1 Å². The number of carbonyl (C=O) groups excluding carboxylic acids is 1. The zero-order valence-corrected chi connectivity index (χ0v) is 15.9. The number of carbonyl (C=O) groups is 1. The number of aromatic hydroxyl groups is 1. The van der Waals surface area contributed by atoms with Gasteiger partial charge in [0, 0.05) is 12.1 Å². The Labute approximate surface area is 155 Å². The lowest BCUT2D eigenvalue weighted by atomic mass is 10.2. The van der Waals surface area contributed by atoms with Crippen molar-refractivity contribution in [1.82, 2.24) is 5.32 Å². The third kappa shape index (κ3) is 7.00. The largest absolute Gasteiger partial charge is 0.508 e. The van der Waals surface area contributed by atoms with Gasteiger partial charge in [0.1, 0.15) is 11.9 Å². The summed E-state index contributed by atoms with van der Waals surface area (Å²) in [6, 6.07) is 5.90. The van der Waals surface area contributed by atoms with Crippen LogP contribution in [-0.2, 0) is 14.2 Å². The lowest BCUT2D eigenvalue weighted by molar-refractivity contribution is -0.197. The fraction of sp³-hybridized carbons (Fsp3) is 0.450. The monoisotopic (exact) mass is 363 g/mol. The van der Waals surface area contributed by atoms with E-state index >= 15 is 0 Å². The van der Waals surface area contributed by atoms with Gasteiger partial charge in [0.25, 0.3) is 0 Å².